The summed E-state index contributed by atoms with van der Waals surface area (Å²) in [4.78, 5) is 29.6. The van der Waals surface area contributed by atoms with Crippen LogP contribution in [0.15, 0.2) is 103 Å². The number of likely N-dealkylation sites (tertiary alicyclic amines) is 1. The number of carbonyl (C=O) groups excluding carboxylic acids is 1. The first-order valence-electron chi connectivity index (χ1n) is 12.1. The van der Waals surface area contributed by atoms with Crippen LogP contribution in [0.2, 0.25) is 0 Å². The summed E-state index contributed by atoms with van der Waals surface area (Å²) in [5, 5.41) is 0. The average molecular weight is 462 g/mol. The number of hydrogen-bond acceptors (Lipinski definition) is 4. The van der Waals surface area contributed by atoms with E-state index in [1.165, 1.54) is 0 Å². The Hall–Kier alpha value is -4.19. The van der Waals surface area contributed by atoms with Gasteiger partial charge in [0.05, 0.1) is 29.2 Å². The number of hydrogen-bond donors (Lipinski definition) is 0. The molecule has 3 heterocycles. The van der Waals surface area contributed by atoms with Crippen LogP contribution in [0.4, 0.5) is 22.1 Å². The Morgan fingerprint density at radius 3 is 1.86 bits per heavy atom. The first-order valence-corrected chi connectivity index (χ1v) is 12.1. The van der Waals surface area contributed by atoms with Crippen LogP contribution < -0.4 is 9.80 Å². The highest BCUT2D eigenvalue weighted by atomic mass is 16.2. The summed E-state index contributed by atoms with van der Waals surface area (Å²) in [5.74, 6) is 0.758. The fraction of sp³-hybridized carbons (Fsp3) is 0.207. The Balaban J connectivity index is 1.26. The Bertz CT molecular complexity index is 1240. The fourth-order valence-corrected chi connectivity index (χ4v) is 5.29. The molecule has 3 aromatic carbocycles. The lowest BCUT2D eigenvalue weighted by Gasteiger charge is -2.42. The van der Waals surface area contributed by atoms with Crippen molar-refractivity contribution in [2.75, 3.05) is 22.9 Å². The first-order chi connectivity index (χ1) is 17.3. The third kappa shape index (κ3) is 4.12. The molecule has 35 heavy (non-hydrogen) atoms. The van der Waals surface area contributed by atoms with Crippen molar-refractivity contribution >= 4 is 23.4 Å². The predicted molar refractivity (Wildman–Crippen MR) is 139 cm³/mol. The normalized spacial score (nSPS) is 19.0. The maximum atomic E-state index is 13.9. The van der Waals surface area contributed by atoms with Gasteiger partial charge in [0.1, 0.15) is 0 Å². The van der Waals surface area contributed by atoms with Gasteiger partial charge < -0.3 is 9.80 Å². The maximum Gasteiger partial charge on any atom is 0.329 e. The van der Waals surface area contributed by atoms with Crippen molar-refractivity contribution in [3.05, 3.63) is 103 Å². The van der Waals surface area contributed by atoms with Crippen molar-refractivity contribution in [2.24, 2.45) is 0 Å². The zero-order valence-electron chi connectivity index (χ0n) is 19.4. The quantitative estimate of drug-likeness (QED) is 0.388. The molecule has 0 spiro atoms. The number of rotatable bonds is 4. The van der Waals surface area contributed by atoms with Crippen molar-refractivity contribution < 1.29 is 4.79 Å². The summed E-state index contributed by atoms with van der Waals surface area (Å²) in [5.41, 5.74) is 3.75. The van der Waals surface area contributed by atoms with Gasteiger partial charge in [-0.2, -0.15) is 0 Å². The molecule has 2 aliphatic heterocycles. The van der Waals surface area contributed by atoms with Gasteiger partial charge in [-0.25, -0.2) is 14.8 Å². The number of para-hydroxylation sites is 2. The van der Waals surface area contributed by atoms with Gasteiger partial charge in [0.25, 0.3) is 0 Å². The molecule has 2 unspecified atom stereocenters. The van der Waals surface area contributed by atoms with Gasteiger partial charge in [-0.05, 0) is 43.2 Å². The average Bonchev–Trinajstić information content (AvgIpc) is 3.19. The largest absolute Gasteiger partial charge is 0.331 e. The van der Waals surface area contributed by atoms with Gasteiger partial charge in [-0.1, -0.05) is 66.7 Å². The second-order valence-corrected chi connectivity index (χ2v) is 9.09. The van der Waals surface area contributed by atoms with Crippen molar-refractivity contribution in [1.82, 2.24) is 14.9 Å². The van der Waals surface area contributed by atoms with Crippen molar-refractivity contribution in [2.45, 2.75) is 24.9 Å². The van der Waals surface area contributed by atoms with Crippen LogP contribution >= 0.6 is 0 Å². The Morgan fingerprint density at radius 2 is 1.29 bits per heavy atom. The minimum absolute atomic E-state index is 0.0119. The number of urea groups is 1. The Kier molecular flexibility index (Phi) is 5.62. The molecule has 2 fully saturated rings. The zero-order valence-corrected chi connectivity index (χ0v) is 19.4. The third-order valence-corrected chi connectivity index (χ3v) is 6.92. The van der Waals surface area contributed by atoms with E-state index in [9.17, 15) is 4.79 Å². The molecule has 174 valence electrons. The first kappa shape index (κ1) is 21.4. The van der Waals surface area contributed by atoms with E-state index in [2.05, 4.69) is 22.0 Å². The molecule has 6 heteroatoms. The van der Waals surface area contributed by atoms with E-state index in [1.54, 1.807) is 0 Å². The van der Waals surface area contributed by atoms with Gasteiger partial charge in [0.2, 0.25) is 5.95 Å². The number of benzene rings is 3. The lowest BCUT2D eigenvalue weighted by molar-refractivity contribution is 0.192. The summed E-state index contributed by atoms with van der Waals surface area (Å²) in [6.45, 7) is 1.31. The van der Waals surface area contributed by atoms with Crippen LogP contribution in [0, 0.1) is 0 Å². The molecule has 2 amide bonds. The van der Waals surface area contributed by atoms with E-state index >= 15 is 0 Å². The van der Waals surface area contributed by atoms with Crippen LogP contribution in [0.3, 0.4) is 0 Å². The van der Waals surface area contributed by atoms with Gasteiger partial charge >= 0.3 is 6.03 Å². The van der Waals surface area contributed by atoms with E-state index < -0.39 is 0 Å². The smallest absolute Gasteiger partial charge is 0.329 e. The fourth-order valence-electron chi connectivity index (χ4n) is 5.29. The highest BCUT2D eigenvalue weighted by Crippen LogP contribution is 2.35. The molecule has 6 rings (SSSR count). The van der Waals surface area contributed by atoms with E-state index in [-0.39, 0.29) is 18.1 Å². The molecule has 0 radical (unpaired) electrons. The Morgan fingerprint density at radius 1 is 0.743 bits per heavy atom. The molecular formula is C29H27N5O. The summed E-state index contributed by atoms with van der Waals surface area (Å²) in [6, 6.07) is 32.3. The van der Waals surface area contributed by atoms with Gasteiger partial charge in [-0.3, -0.25) is 4.90 Å². The lowest BCUT2D eigenvalue weighted by atomic mass is 10.1. The molecular weight excluding hydrogens is 434 g/mol. The van der Waals surface area contributed by atoms with E-state index in [0.717, 1.165) is 41.4 Å². The summed E-state index contributed by atoms with van der Waals surface area (Å²) >= 11 is 0. The number of nitrogens with zero attached hydrogens (tertiary/aromatic N) is 5. The molecule has 1 aromatic heterocycles. The number of anilines is 3. The van der Waals surface area contributed by atoms with Crippen LogP contribution in [-0.2, 0) is 0 Å². The number of amides is 2. The van der Waals surface area contributed by atoms with Gasteiger partial charge in [-0.15, -0.1) is 0 Å². The van der Waals surface area contributed by atoms with Crippen molar-refractivity contribution in [3.8, 4) is 11.3 Å². The molecule has 0 saturated carbocycles. The second kappa shape index (κ2) is 9.22. The predicted octanol–water partition coefficient (Wildman–Crippen LogP) is 5.75. The highest BCUT2D eigenvalue weighted by Gasteiger charge is 2.43. The molecule has 0 N–H and O–H groups in total. The molecule has 0 aliphatic carbocycles. The molecule has 4 aromatic rings. The molecule has 2 atom stereocenters. The maximum absolute atomic E-state index is 13.9. The van der Waals surface area contributed by atoms with Crippen LogP contribution in [0.5, 0.6) is 0 Å². The number of carbonyl (C=O) groups is 1. The van der Waals surface area contributed by atoms with E-state index in [4.69, 9.17) is 4.98 Å². The minimum atomic E-state index is 0.0119. The molecule has 2 bridgehead atoms. The molecule has 2 aliphatic rings. The molecule has 6 nitrogen and oxygen atoms in total. The van der Waals surface area contributed by atoms with Gasteiger partial charge in [0.15, 0.2) is 0 Å². The van der Waals surface area contributed by atoms with Gasteiger partial charge in [0, 0.05) is 24.8 Å². The topological polar surface area (TPSA) is 52.6 Å². The molecule has 2 saturated heterocycles. The SMILES string of the molecule is O=C(N1CC2CCC(C1)N2c1nccc(-c2ccccc2)n1)N(c1ccccc1)c1ccccc1. The second-order valence-electron chi connectivity index (χ2n) is 9.09. The number of fused-ring (bicyclic) bond motifs is 2. The third-order valence-electron chi connectivity index (χ3n) is 6.92. The van der Waals surface area contributed by atoms with Crippen molar-refractivity contribution in [3.63, 3.8) is 0 Å². The van der Waals surface area contributed by atoms with E-state index in [0.29, 0.717) is 13.1 Å². The van der Waals surface area contributed by atoms with Crippen LogP contribution in [-0.4, -0.2) is 46.1 Å². The number of aromatic nitrogens is 2. The summed E-state index contributed by atoms with van der Waals surface area (Å²) < 4.78 is 0. The monoisotopic (exact) mass is 461 g/mol. The standard InChI is InChI=1S/C29H27N5O/c35-29(34(23-12-6-2-7-13-23)24-14-8-3-9-15-24)32-20-25-16-17-26(21-32)33(25)28-30-19-18-27(31-28)22-10-4-1-5-11-22/h1-15,18-19,25-26H,16-17,20-21H2. The lowest BCUT2D eigenvalue weighted by Crippen LogP contribution is -2.58. The Labute approximate surface area is 205 Å². The van der Waals surface area contributed by atoms with Crippen molar-refractivity contribution in [1.29, 1.82) is 0 Å². The van der Waals surface area contributed by atoms with Crippen LogP contribution in [0.25, 0.3) is 11.3 Å². The van der Waals surface area contributed by atoms with Crippen LogP contribution in [0.1, 0.15) is 12.8 Å². The van der Waals surface area contributed by atoms with E-state index in [1.807, 2.05) is 101 Å². The zero-order chi connectivity index (χ0) is 23.6. The minimum Gasteiger partial charge on any atom is -0.331 e. The number of piperazine rings is 1. The summed E-state index contributed by atoms with van der Waals surface area (Å²) in [7, 11) is 0. The highest BCUT2D eigenvalue weighted by molar-refractivity contribution is 5.99. The summed E-state index contributed by atoms with van der Waals surface area (Å²) in [6.07, 6.45) is 3.91.